The van der Waals surface area contributed by atoms with Crippen LogP contribution in [0.5, 0.6) is 0 Å². The average Bonchev–Trinajstić information content (AvgIpc) is 2.93. The van der Waals surface area contributed by atoms with Gasteiger partial charge in [0.2, 0.25) is 0 Å². The molecule has 1 aromatic heterocycles. The number of benzene rings is 1. The molecule has 4 nitrogen and oxygen atoms in total. The third-order valence-electron chi connectivity index (χ3n) is 4.19. The normalized spacial score (nSPS) is 16.0. The first kappa shape index (κ1) is 14.8. The molecule has 0 saturated carbocycles. The van der Waals surface area contributed by atoms with Crippen molar-refractivity contribution in [2.24, 2.45) is 7.05 Å². The summed E-state index contributed by atoms with van der Waals surface area (Å²) in [4.78, 5) is 16.6. The second-order valence-corrected chi connectivity index (χ2v) is 5.69. The van der Waals surface area contributed by atoms with Gasteiger partial charge in [-0.2, -0.15) is 0 Å². The van der Waals surface area contributed by atoms with Gasteiger partial charge in [0.15, 0.2) is 0 Å². The van der Waals surface area contributed by atoms with E-state index in [-0.39, 0.29) is 11.7 Å². The Morgan fingerprint density at radius 3 is 2.36 bits per heavy atom. The Kier molecular flexibility index (Phi) is 4.24. The molecule has 1 aliphatic heterocycles. The monoisotopic (exact) mass is 301 g/mol. The molecule has 1 amide bonds. The van der Waals surface area contributed by atoms with Crippen molar-refractivity contribution in [3.05, 3.63) is 59.7 Å². The van der Waals surface area contributed by atoms with Crippen LogP contribution in [0.3, 0.4) is 0 Å². The number of carbonyl (C=O) groups excluding carboxylic acids is 1. The molecule has 0 bridgehead atoms. The molecule has 1 aliphatic rings. The van der Waals surface area contributed by atoms with Gasteiger partial charge in [-0.15, -0.1) is 0 Å². The molecule has 1 saturated heterocycles. The Bertz CT molecular complexity index is 642. The summed E-state index contributed by atoms with van der Waals surface area (Å²) < 4.78 is 15.0. The van der Waals surface area contributed by atoms with Crippen LogP contribution >= 0.6 is 0 Å². The smallest absolute Gasteiger partial charge is 0.253 e. The zero-order chi connectivity index (χ0) is 15.5. The minimum Gasteiger partial charge on any atom is -0.353 e. The van der Waals surface area contributed by atoms with Gasteiger partial charge in [0, 0.05) is 57.2 Å². The van der Waals surface area contributed by atoms with E-state index in [9.17, 15) is 9.18 Å². The van der Waals surface area contributed by atoms with Gasteiger partial charge in [-0.3, -0.25) is 9.69 Å². The van der Waals surface area contributed by atoms with Gasteiger partial charge in [0.05, 0.1) is 0 Å². The highest BCUT2D eigenvalue weighted by molar-refractivity contribution is 5.94. The molecule has 5 heteroatoms. The molecule has 0 radical (unpaired) electrons. The molecule has 0 spiro atoms. The van der Waals surface area contributed by atoms with Crippen LogP contribution in [0.1, 0.15) is 16.1 Å². The fourth-order valence-corrected chi connectivity index (χ4v) is 2.77. The predicted molar refractivity (Wildman–Crippen MR) is 83.0 cm³/mol. The number of aryl methyl sites for hydroxylation is 1. The van der Waals surface area contributed by atoms with Crippen molar-refractivity contribution in [1.29, 1.82) is 0 Å². The number of carbonyl (C=O) groups is 1. The lowest BCUT2D eigenvalue weighted by Gasteiger charge is -2.34. The molecule has 1 fully saturated rings. The van der Waals surface area contributed by atoms with E-state index < -0.39 is 0 Å². The molecule has 1 aromatic carbocycles. The lowest BCUT2D eigenvalue weighted by Crippen LogP contribution is -2.48. The lowest BCUT2D eigenvalue weighted by atomic mass is 10.1. The second-order valence-electron chi connectivity index (χ2n) is 5.69. The van der Waals surface area contributed by atoms with Crippen molar-refractivity contribution in [3.63, 3.8) is 0 Å². The van der Waals surface area contributed by atoms with Crippen LogP contribution in [0.25, 0.3) is 0 Å². The Hall–Kier alpha value is -2.14. The van der Waals surface area contributed by atoms with Crippen LogP contribution in [0, 0.1) is 5.82 Å². The molecule has 0 atom stereocenters. The van der Waals surface area contributed by atoms with E-state index in [0.717, 1.165) is 19.6 Å². The van der Waals surface area contributed by atoms with E-state index in [2.05, 4.69) is 15.5 Å². The largest absolute Gasteiger partial charge is 0.353 e. The summed E-state index contributed by atoms with van der Waals surface area (Å²) in [6, 6.07) is 9.93. The molecule has 2 aromatic rings. The van der Waals surface area contributed by atoms with Crippen LogP contribution in [0.2, 0.25) is 0 Å². The van der Waals surface area contributed by atoms with Crippen LogP contribution in [0.4, 0.5) is 4.39 Å². The third-order valence-corrected chi connectivity index (χ3v) is 4.19. The van der Waals surface area contributed by atoms with E-state index in [4.69, 9.17) is 0 Å². The van der Waals surface area contributed by atoms with Gasteiger partial charge < -0.3 is 9.47 Å². The summed E-state index contributed by atoms with van der Waals surface area (Å²) in [7, 11) is 2.05. The van der Waals surface area contributed by atoms with Crippen LogP contribution in [0.15, 0.2) is 42.6 Å². The van der Waals surface area contributed by atoms with Crippen LogP contribution in [-0.4, -0.2) is 46.5 Å². The highest BCUT2D eigenvalue weighted by Crippen LogP contribution is 2.12. The summed E-state index contributed by atoms with van der Waals surface area (Å²) in [5, 5.41) is 0. The second kappa shape index (κ2) is 6.32. The Labute approximate surface area is 129 Å². The van der Waals surface area contributed by atoms with Gasteiger partial charge in [0.25, 0.3) is 5.91 Å². The fourth-order valence-electron chi connectivity index (χ4n) is 2.77. The van der Waals surface area contributed by atoms with Crippen molar-refractivity contribution in [2.45, 2.75) is 6.54 Å². The number of nitrogens with zero attached hydrogens (tertiary/aromatic N) is 3. The number of halogens is 1. The van der Waals surface area contributed by atoms with Gasteiger partial charge in [-0.1, -0.05) is 0 Å². The standard InChI is InChI=1S/C17H20FN3O/c1-19-8-2-3-16(19)13-20-9-11-21(12-10-20)17(22)14-4-6-15(18)7-5-14/h2-8H,9-13H2,1H3. The first-order chi connectivity index (χ1) is 10.6. The summed E-state index contributed by atoms with van der Waals surface area (Å²) in [5.74, 6) is -0.331. The SMILES string of the molecule is Cn1cccc1CN1CCN(C(=O)c2ccc(F)cc2)CC1. The number of amides is 1. The minimum atomic E-state index is -0.316. The van der Waals surface area contributed by atoms with Crippen molar-refractivity contribution >= 4 is 5.91 Å². The number of hydrogen-bond acceptors (Lipinski definition) is 2. The molecular weight excluding hydrogens is 281 g/mol. The molecule has 22 heavy (non-hydrogen) atoms. The zero-order valence-corrected chi connectivity index (χ0v) is 12.7. The Balaban J connectivity index is 1.56. The number of aromatic nitrogens is 1. The van der Waals surface area contributed by atoms with Gasteiger partial charge in [-0.25, -0.2) is 4.39 Å². The first-order valence-electron chi connectivity index (χ1n) is 7.51. The van der Waals surface area contributed by atoms with Gasteiger partial charge in [-0.05, 0) is 36.4 Å². The highest BCUT2D eigenvalue weighted by Gasteiger charge is 2.22. The van der Waals surface area contributed by atoms with Crippen LogP contribution < -0.4 is 0 Å². The molecule has 2 heterocycles. The summed E-state index contributed by atoms with van der Waals surface area (Å²) >= 11 is 0. The molecule has 0 unspecified atom stereocenters. The molecule has 0 aliphatic carbocycles. The maximum atomic E-state index is 12.9. The topological polar surface area (TPSA) is 28.5 Å². The lowest BCUT2D eigenvalue weighted by molar-refractivity contribution is 0.0626. The fraction of sp³-hybridized carbons (Fsp3) is 0.353. The number of hydrogen-bond donors (Lipinski definition) is 0. The molecule has 116 valence electrons. The molecule has 3 rings (SSSR count). The van der Waals surface area contributed by atoms with E-state index in [1.54, 1.807) is 12.1 Å². The Morgan fingerprint density at radius 1 is 1.09 bits per heavy atom. The highest BCUT2D eigenvalue weighted by atomic mass is 19.1. The van der Waals surface area contributed by atoms with E-state index in [1.807, 2.05) is 24.2 Å². The van der Waals surface area contributed by atoms with E-state index in [0.29, 0.717) is 18.7 Å². The van der Waals surface area contributed by atoms with Gasteiger partial charge in [0.1, 0.15) is 5.82 Å². The average molecular weight is 301 g/mol. The van der Waals surface area contributed by atoms with Crippen molar-refractivity contribution in [2.75, 3.05) is 26.2 Å². The Morgan fingerprint density at radius 2 is 1.77 bits per heavy atom. The van der Waals surface area contributed by atoms with Crippen molar-refractivity contribution in [3.8, 4) is 0 Å². The summed E-state index contributed by atoms with van der Waals surface area (Å²) in [6.07, 6.45) is 2.05. The van der Waals surface area contributed by atoms with Crippen LogP contribution in [-0.2, 0) is 13.6 Å². The predicted octanol–water partition coefficient (Wildman–Crippen LogP) is 2.12. The summed E-state index contributed by atoms with van der Waals surface area (Å²) in [6.45, 7) is 4.04. The third kappa shape index (κ3) is 3.20. The maximum absolute atomic E-state index is 12.9. The van der Waals surface area contributed by atoms with Crippen molar-refractivity contribution < 1.29 is 9.18 Å². The van der Waals surface area contributed by atoms with Gasteiger partial charge >= 0.3 is 0 Å². The summed E-state index contributed by atoms with van der Waals surface area (Å²) in [5.41, 5.74) is 1.83. The molecule has 0 N–H and O–H groups in total. The quantitative estimate of drug-likeness (QED) is 0.869. The number of rotatable bonds is 3. The number of piperazine rings is 1. The van der Waals surface area contributed by atoms with E-state index >= 15 is 0 Å². The minimum absolute atomic E-state index is 0.0153. The maximum Gasteiger partial charge on any atom is 0.253 e. The first-order valence-corrected chi connectivity index (χ1v) is 7.51. The van der Waals surface area contributed by atoms with E-state index in [1.165, 1.54) is 17.8 Å². The van der Waals surface area contributed by atoms with Crippen molar-refractivity contribution in [1.82, 2.24) is 14.4 Å². The molecular formula is C17H20FN3O. The zero-order valence-electron chi connectivity index (χ0n) is 12.7.